The number of benzene rings is 2. The van der Waals surface area contributed by atoms with Gasteiger partial charge < -0.3 is 9.11 Å². The second kappa shape index (κ2) is 20.4. The van der Waals surface area contributed by atoms with Crippen LogP contribution in [-0.4, -0.2) is 17.5 Å². The minimum Gasteiger partial charge on any atom is -0.759 e. The Balaban J connectivity index is 0. The van der Waals surface area contributed by atoms with Crippen molar-refractivity contribution in [1.82, 2.24) is 0 Å². The summed E-state index contributed by atoms with van der Waals surface area (Å²) in [5.41, 5.74) is 1.53. The van der Waals surface area contributed by atoms with Crippen molar-refractivity contribution < 1.29 is 120 Å². The Bertz CT molecular complexity index is 738. The zero-order valence-electron chi connectivity index (χ0n) is 18.4. The summed E-state index contributed by atoms with van der Waals surface area (Å²) in [4.78, 5) is 0. The Kier molecular flexibility index (Phi) is 23.3. The number of fused-ring (bicyclic) bond motifs is 1. The zero-order valence-corrected chi connectivity index (χ0v) is 25.4. The summed E-state index contributed by atoms with van der Waals surface area (Å²) < 4.78 is 34.1. The molecule has 2 aromatic rings. The van der Waals surface area contributed by atoms with Crippen LogP contribution >= 0.6 is 0 Å². The van der Waals surface area contributed by atoms with E-state index in [1.54, 1.807) is 0 Å². The van der Waals surface area contributed by atoms with E-state index in [0.29, 0.717) is 0 Å². The molecular formula is C22H32K2O4S. The molecule has 2 aromatic carbocycles. The van der Waals surface area contributed by atoms with Crippen LogP contribution in [0.15, 0.2) is 42.5 Å². The standard InChI is InChI=1S/C22H32.2K.H2O4S/c1-2-3-4-5-6-7-8-9-10-11-15-20-17-14-18-21-16-12-13-19-22(20)21;;;1-5(2,3)4/h12-14,16-19H,2-11,15H2,1H3;;;(H2,1,2,3,4)/q;2*+1;/p-2. The number of hydrogen-bond donors (Lipinski definition) is 0. The van der Waals surface area contributed by atoms with Crippen LogP contribution in [0.3, 0.4) is 0 Å². The second-order valence-electron chi connectivity index (χ2n) is 6.98. The van der Waals surface area contributed by atoms with Gasteiger partial charge in [0, 0.05) is 10.4 Å². The van der Waals surface area contributed by atoms with Crippen molar-refractivity contribution in [2.45, 2.75) is 77.6 Å². The molecular weight excluding hydrogens is 439 g/mol. The Labute approximate surface area is 262 Å². The van der Waals surface area contributed by atoms with Crippen LogP contribution in [0, 0.1) is 0 Å². The summed E-state index contributed by atoms with van der Waals surface area (Å²) >= 11 is 0. The first-order chi connectivity index (χ1) is 12.9. The Hall–Kier alpha value is 1.84. The molecule has 0 unspecified atom stereocenters. The van der Waals surface area contributed by atoms with E-state index in [1.165, 1.54) is 87.0 Å². The first-order valence-corrected chi connectivity index (χ1v) is 11.4. The smallest absolute Gasteiger partial charge is 0.759 e. The molecule has 152 valence electrons. The SMILES string of the molecule is CCCCCCCCCCCCc1cccc2ccccc12.O=S(=O)([O-])[O-].[K+].[K+]. The van der Waals surface area contributed by atoms with Crippen LogP contribution in [0.2, 0.25) is 0 Å². The summed E-state index contributed by atoms with van der Waals surface area (Å²) in [5.74, 6) is 0. The molecule has 0 N–H and O–H groups in total. The zero-order chi connectivity index (χ0) is 20.0. The molecule has 0 amide bonds. The first kappa shape index (κ1) is 33.0. The van der Waals surface area contributed by atoms with Crippen molar-refractivity contribution in [3.8, 4) is 0 Å². The molecule has 0 atom stereocenters. The average Bonchev–Trinajstić information content (AvgIpc) is 2.62. The van der Waals surface area contributed by atoms with Crippen LogP contribution in [0.1, 0.15) is 76.7 Å². The van der Waals surface area contributed by atoms with Crippen molar-refractivity contribution in [3.63, 3.8) is 0 Å². The summed E-state index contributed by atoms with van der Waals surface area (Å²) in [7, 11) is -5.17. The summed E-state index contributed by atoms with van der Waals surface area (Å²) in [5, 5.41) is 2.83. The van der Waals surface area contributed by atoms with Crippen LogP contribution in [0.4, 0.5) is 0 Å². The van der Waals surface area contributed by atoms with Gasteiger partial charge in [-0.3, -0.25) is 8.42 Å². The van der Waals surface area contributed by atoms with E-state index in [-0.39, 0.29) is 103 Å². The Morgan fingerprint density at radius 1 is 0.690 bits per heavy atom. The number of aryl methyl sites for hydroxylation is 1. The van der Waals surface area contributed by atoms with Gasteiger partial charge in [-0.1, -0.05) is 107 Å². The second-order valence-corrected chi connectivity index (χ2v) is 7.79. The average molecular weight is 471 g/mol. The van der Waals surface area contributed by atoms with Crippen molar-refractivity contribution in [3.05, 3.63) is 48.0 Å². The summed E-state index contributed by atoms with van der Waals surface area (Å²) in [6, 6.07) is 15.5. The monoisotopic (exact) mass is 470 g/mol. The van der Waals surface area contributed by atoms with E-state index < -0.39 is 10.4 Å². The molecule has 0 bridgehead atoms. The number of rotatable bonds is 11. The molecule has 0 radical (unpaired) electrons. The molecule has 0 saturated carbocycles. The molecule has 4 nitrogen and oxygen atoms in total. The molecule has 0 aliphatic carbocycles. The van der Waals surface area contributed by atoms with E-state index >= 15 is 0 Å². The Morgan fingerprint density at radius 2 is 1.14 bits per heavy atom. The predicted octanol–water partition coefficient (Wildman–Crippen LogP) is -0.0268. The normalized spacial score (nSPS) is 10.4. The maximum atomic E-state index is 8.52. The van der Waals surface area contributed by atoms with E-state index in [9.17, 15) is 0 Å². The fourth-order valence-electron chi connectivity index (χ4n) is 3.31. The van der Waals surface area contributed by atoms with E-state index in [4.69, 9.17) is 17.5 Å². The van der Waals surface area contributed by atoms with Gasteiger partial charge in [-0.25, -0.2) is 0 Å². The van der Waals surface area contributed by atoms with Gasteiger partial charge >= 0.3 is 103 Å². The molecule has 0 aliphatic heterocycles. The van der Waals surface area contributed by atoms with Gasteiger partial charge in [-0.05, 0) is 29.2 Å². The van der Waals surface area contributed by atoms with Gasteiger partial charge in [-0.15, -0.1) is 0 Å². The van der Waals surface area contributed by atoms with Crippen LogP contribution in [0.25, 0.3) is 10.8 Å². The minimum atomic E-state index is -5.17. The third-order valence-electron chi connectivity index (χ3n) is 4.68. The fraction of sp³-hybridized carbons (Fsp3) is 0.545. The molecule has 0 aromatic heterocycles. The molecule has 0 spiro atoms. The summed E-state index contributed by atoms with van der Waals surface area (Å²) in [6.07, 6.45) is 15.4. The third-order valence-corrected chi connectivity index (χ3v) is 4.68. The summed E-state index contributed by atoms with van der Waals surface area (Å²) in [6.45, 7) is 2.29. The van der Waals surface area contributed by atoms with Gasteiger partial charge in [0.25, 0.3) is 0 Å². The van der Waals surface area contributed by atoms with Crippen LogP contribution in [-0.2, 0) is 16.8 Å². The van der Waals surface area contributed by atoms with E-state index in [0.717, 1.165) is 0 Å². The Morgan fingerprint density at radius 3 is 1.69 bits per heavy atom. The van der Waals surface area contributed by atoms with Crippen LogP contribution in [0.5, 0.6) is 0 Å². The topological polar surface area (TPSA) is 80.3 Å². The van der Waals surface area contributed by atoms with Crippen molar-refractivity contribution >= 4 is 21.2 Å². The van der Waals surface area contributed by atoms with Gasteiger partial charge in [0.2, 0.25) is 0 Å². The number of unbranched alkanes of at least 4 members (excludes halogenated alkanes) is 9. The minimum absolute atomic E-state index is 0. The molecule has 0 saturated heterocycles. The van der Waals surface area contributed by atoms with Gasteiger partial charge in [0.15, 0.2) is 0 Å². The molecule has 2 rings (SSSR count). The molecule has 7 heteroatoms. The van der Waals surface area contributed by atoms with Gasteiger partial charge in [0.05, 0.1) is 0 Å². The first-order valence-electron chi connectivity index (χ1n) is 10.0. The van der Waals surface area contributed by atoms with Crippen LogP contribution < -0.4 is 103 Å². The maximum absolute atomic E-state index is 8.52. The largest absolute Gasteiger partial charge is 1.00 e. The van der Waals surface area contributed by atoms with E-state index in [2.05, 4.69) is 49.4 Å². The third kappa shape index (κ3) is 19.1. The van der Waals surface area contributed by atoms with Crippen molar-refractivity contribution in [1.29, 1.82) is 0 Å². The maximum Gasteiger partial charge on any atom is 1.00 e. The fourth-order valence-corrected chi connectivity index (χ4v) is 3.31. The predicted molar refractivity (Wildman–Crippen MR) is 110 cm³/mol. The van der Waals surface area contributed by atoms with Gasteiger partial charge in [0.1, 0.15) is 0 Å². The number of hydrogen-bond acceptors (Lipinski definition) is 4. The van der Waals surface area contributed by atoms with E-state index in [1.807, 2.05) is 0 Å². The molecule has 0 fully saturated rings. The molecule has 29 heavy (non-hydrogen) atoms. The van der Waals surface area contributed by atoms with Crippen molar-refractivity contribution in [2.75, 3.05) is 0 Å². The molecule has 0 aliphatic rings. The van der Waals surface area contributed by atoms with Gasteiger partial charge in [-0.2, -0.15) is 0 Å². The van der Waals surface area contributed by atoms with Crippen molar-refractivity contribution in [2.24, 2.45) is 0 Å². The molecule has 0 heterocycles. The quantitative estimate of drug-likeness (QED) is 0.200.